The minimum Gasteiger partial charge on any atom is -0.347 e. The molecule has 4 rings (SSSR count). The highest BCUT2D eigenvalue weighted by Gasteiger charge is 2.47. The Bertz CT molecular complexity index is 773. The molecule has 1 aromatic carbocycles. The second kappa shape index (κ2) is 7.86. The SMILES string of the molecule is O=C(CN1C(=O)[C@@H]2CC=CC[C@H]2C1=O)N[C@H](c1ccc(F)cc1)C1CCCC1. The molecule has 1 aromatic rings. The Labute approximate surface area is 164 Å². The van der Waals surface area contributed by atoms with E-state index in [4.69, 9.17) is 0 Å². The molecule has 0 aromatic heterocycles. The lowest BCUT2D eigenvalue weighted by Crippen LogP contribution is -2.43. The molecule has 1 heterocycles. The highest BCUT2D eigenvalue weighted by molar-refractivity contribution is 6.07. The van der Waals surface area contributed by atoms with E-state index < -0.39 is 0 Å². The summed E-state index contributed by atoms with van der Waals surface area (Å²) in [5, 5.41) is 3.02. The normalized spacial score (nSPS) is 25.8. The number of halogens is 1. The van der Waals surface area contributed by atoms with E-state index in [2.05, 4.69) is 5.32 Å². The molecule has 0 spiro atoms. The molecule has 1 N–H and O–H groups in total. The number of allylic oxidation sites excluding steroid dienone is 2. The number of nitrogens with one attached hydrogen (secondary N) is 1. The van der Waals surface area contributed by atoms with Gasteiger partial charge in [-0.25, -0.2) is 4.39 Å². The van der Waals surface area contributed by atoms with Gasteiger partial charge in [0.05, 0.1) is 17.9 Å². The molecular weight excluding hydrogens is 359 g/mol. The van der Waals surface area contributed by atoms with Gasteiger partial charge in [0.25, 0.3) is 0 Å². The lowest BCUT2D eigenvalue weighted by atomic mass is 9.85. The second-order valence-corrected chi connectivity index (χ2v) is 8.06. The maximum Gasteiger partial charge on any atom is 0.240 e. The molecular formula is C22H25FN2O3. The van der Waals surface area contributed by atoms with Crippen LogP contribution in [-0.2, 0) is 14.4 Å². The molecule has 5 nitrogen and oxygen atoms in total. The van der Waals surface area contributed by atoms with Crippen LogP contribution in [0.4, 0.5) is 4.39 Å². The molecule has 1 saturated heterocycles. The Morgan fingerprint density at radius 2 is 1.61 bits per heavy atom. The number of carbonyl (C=O) groups is 3. The van der Waals surface area contributed by atoms with Crippen molar-refractivity contribution in [1.29, 1.82) is 0 Å². The molecule has 6 heteroatoms. The van der Waals surface area contributed by atoms with Crippen LogP contribution in [0.5, 0.6) is 0 Å². The number of fused-ring (bicyclic) bond motifs is 1. The van der Waals surface area contributed by atoms with E-state index in [0.717, 1.165) is 36.1 Å². The zero-order valence-corrected chi connectivity index (χ0v) is 15.8. The van der Waals surface area contributed by atoms with Crippen molar-refractivity contribution in [2.75, 3.05) is 6.54 Å². The topological polar surface area (TPSA) is 66.5 Å². The number of rotatable bonds is 5. The number of carbonyl (C=O) groups excluding carboxylic acids is 3. The summed E-state index contributed by atoms with van der Waals surface area (Å²) in [6.45, 7) is -0.241. The average molecular weight is 384 g/mol. The molecule has 0 bridgehead atoms. The van der Waals surface area contributed by atoms with Gasteiger partial charge in [-0.15, -0.1) is 0 Å². The van der Waals surface area contributed by atoms with Gasteiger partial charge in [0.2, 0.25) is 17.7 Å². The smallest absolute Gasteiger partial charge is 0.240 e. The quantitative estimate of drug-likeness (QED) is 0.627. The summed E-state index contributed by atoms with van der Waals surface area (Å²) >= 11 is 0. The van der Waals surface area contributed by atoms with Crippen molar-refractivity contribution >= 4 is 17.7 Å². The number of hydrogen-bond donors (Lipinski definition) is 1. The van der Waals surface area contributed by atoms with Gasteiger partial charge in [0, 0.05) is 0 Å². The maximum absolute atomic E-state index is 13.3. The molecule has 3 atom stereocenters. The van der Waals surface area contributed by atoms with Crippen molar-refractivity contribution in [2.24, 2.45) is 17.8 Å². The monoisotopic (exact) mass is 384 g/mol. The van der Waals surface area contributed by atoms with E-state index in [0.29, 0.717) is 12.8 Å². The van der Waals surface area contributed by atoms with E-state index in [1.165, 1.54) is 12.1 Å². The van der Waals surface area contributed by atoms with Crippen LogP contribution in [0, 0.1) is 23.6 Å². The number of amides is 3. The first-order valence-corrected chi connectivity index (χ1v) is 10.1. The van der Waals surface area contributed by atoms with E-state index >= 15 is 0 Å². The third-order valence-corrected chi connectivity index (χ3v) is 6.32. The largest absolute Gasteiger partial charge is 0.347 e. The Balaban J connectivity index is 1.46. The van der Waals surface area contributed by atoms with Crippen LogP contribution in [0.3, 0.4) is 0 Å². The molecule has 0 radical (unpaired) electrons. The van der Waals surface area contributed by atoms with Crippen LogP contribution in [0.25, 0.3) is 0 Å². The van der Waals surface area contributed by atoms with Gasteiger partial charge in [-0.3, -0.25) is 19.3 Å². The fourth-order valence-corrected chi connectivity index (χ4v) is 4.82. The summed E-state index contributed by atoms with van der Waals surface area (Å²) < 4.78 is 13.3. The Kier molecular flexibility index (Phi) is 5.29. The fourth-order valence-electron chi connectivity index (χ4n) is 4.82. The van der Waals surface area contributed by atoms with Crippen molar-refractivity contribution in [3.8, 4) is 0 Å². The van der Waals surface area contributed by atoms with Crippen LogP contribution >= 0.6 is 0 Å². The standard InChI is InChI=1S/C22H25FN2O3/c23-16-11-9-15(10-12-16)20(14-5-1-2-6-14)24-19(26)13-25-21(27)17-7-3-4-8-18(17)22(25)28/h3-4,9-12,14,17-18,20H,1-2,5-8,13H2,(H,24,26)/t17-,18-,20+/m1/s1. The van der Waals surface area contributed by atoms with Gasteiger partial charge in [-0.05, 0) is 49.3 Å². The van der Waals surface area contributed by atoms with Crippen molar-refractivity contribution in [1.82, 2.24) is 10.2 Å². The van der Waals surface area contributed by atoms with Gasteiger partial charge in [0.1, 0.15) is 12.4 Å². The summed E-state index contributed by atoms with van der Waals surface area (Å²) in [7, 11) is 0. The first-order chi connectivity index (χ1) is 13.5. The van der Waals surface area contributed by atoms with Crippen molar-refractivity contribution < 1.29 is 18.8 Å². The minimum atomic E-state index is -0.338. The summed E-state index contributed by atoms with van der Waals surface area (Å²) in [6, 6.07) is 5.96. The van der Waals surface area contributed by atoms with Crippen molar-refractivity contribution in [3.05, 3.63) is 47.8 Å². The molecule has 1 saturated carbocycles. The third-order valence-electron chi connectivity index (χ3n) is 6.32. The van der Waals surface area contributed by atoms with Gasteiger partial charge in [-0.2, -0.15) is 0 Å². The maximum atomic E-state index is 13.3. The summed E-state index contributed by atoms with van der Waals surface area (Å²) in [5.41, 5.74) is 0.860. The number of benzene rings is 1. The molecule has 0 unspecified atom stereocenters. The van der Waals surface area contributed by atoms with Gasteiger partial charge < -0.3 is 5.32 Å². The lowest BCUT2D eigenvalue weighted by Gasteiger charge is -2.26. The highest BCUT2D eigenvalue weighted by Crippen LogP contribution is 2.37. The van der Waals surface area contributed by atoms with Crippen LogP contribution in [-0.4, -0.2) is 29.2 Å². The third kappa shape index (κ3) is 3.60. The summed E-state index contributed by atoms with van der Waals surface area (Å²) in [5.74, 6) is -1.51. The predicted molar refractivity (Wildman–Crippen MR) is 101 cm³/mol. The van der Waals surface area contributed by atoms with Crippen LogP contribution in [0.1, 0.15) is 50.1 Å². The van der Waals surface area contributed by atoms with Gasteiger partial charge >= 0.3 is 0 Å². The second-order valence-electron chi connectivity index (χ2n) is 8.06. The molecule has 28 heavy (non-hydrogen) atoms. The van der Waals surface area contributed by atoms with Gasteiger partial charge in [-0.1, -0.05) is 37.1 Å². The van der Waals surface area contributed by atoms with Crippen molar-refractivity contribution in [3.63, 3.8) is 0 Å². The lowest BCUT2D eigenvalue weighted by molar-refractivity contribution is -0.143. The Morgan fingerprint density at radius 1 is 1.04 bits per heavy atom. The van der Waals surface area contributed by atoms with E-state index in [-0.39, 0.29) is 53.9 Å². The molecule has 148 valence electrons. The zero-order valence-electron chi connectivity index (χ0n) is 15.8. The first-order valence-electron chi connectivity index (χ1n) is 10.1. The first kappa shape index (κ1) is 18.8. The molecule has 3 aliphatic rings. The summed E-state index contributed by atoms with van der Waals surface area (Å²) in [4.78, 5) is 39.0. The van der Waals surface area contributed by atoms with Crippen molar-refractivity contribution in [2.45, 2.75) is 44.6 Å². The van der Waals surface area contributed by atoms with E-state index in [1.807, 2.05) is 12.2 Å². The van der Waals surface area contributed by atoms with Gasteiger partial charge in [0.15, 0.2) is 0 Å². The number of imide groups is 1. The number of nitrogens with zero attached hydrogens (tertiary/aromatic N) is 1. The fraction of sp³-hybridized carbons (Fsp3) is 0.500. The van der Waals surface area contributed by atoms with Crippen LogP contribution in [0.2, 0.25) is 0 Å². The minimum absolute atomic E-state index is 0.229. The molecule has 2 aliphatic carbocycles. The predicted octanol–water partition coefficient (Wildman–Crippen LogP) is 3.12. The summed E-state index contributed by atoms with van der Waals surface area (Å²) in [6.07, 6.45) is 9.21. The van der Waals surface area contributed by atoms with E-state index in [1.54, 1.807) is 12.1 Å². The Morgan fingerprint density at radius 3 is 2.18 bits per heavy atom. The number of likely N-dealkylation sites (tertiary alicyclic amines) is 1. The van der Waals surface area contributed by atoms with Crippen LogP contribution < -0.4 is 5.32 Å². The molecule has 3 amide bonds. The molecule has 1 aliphatic heterocycles. The Hall–Kier alpha value is -2.50. The van der Waals surface area contributed by atoms with Crippen LogP contribution in [0.15, 0.2) is 36.4 Å². The number of hydrogen-bond acceptors (Lipinski definition) is 3. The average Bonchev–Trinajstić information content (AvgIpc) is 3.31. The zero-order chi connectivity index (χ0) is 19.7. The molecule has 2 fully saturated rings. The van der Waals surface area contributed by atoms with E-state index in [9.17, 15) is 18.8 Å². The highest BCUT2D eigenvalue weighted by atomic mass is 19.1.